The number of carbonyl (C=O) groups excluding carboxylic acids is 2. The number of likely N-dealkylation sites (tertiary alicyclic amines) is 1. The molecular formula is C19H27N3O3. The van der Waals surface area contributed by atoms with Crippen molar-refractivity contribution in [2.75, 3.05) is 31.1 Å². The third-order valence-electron chi connectivity index (χ3n) is 5.39. The van der Waals surface area contributed by atoms with E-state index in [0.29, 0.717) is 25.4 Å². The van der Waals surface area contributed by atoms with Crippen LogP contribution in [0.25, 0.3) is 0 Å². The number of rotatable bonds is 4. The molecule has 0 aromatic heterocycles. The summed E-state index contributed by atoms with van der Waals surface area (Å²) >= 11 is 0. The molecule has 2 fully saturated rings. The van der Waals surface area contributed by atoms with Gasteiger partial charge in [0.05, 0.1) is 6.04 Å². The van der Waals surface area contributed by atoms with Gasteiger partial charge < -0.3 is 20.2 Å². The maximum atomic E-state index is 12.5. The zero-order valence-electron chi connectivity index (χ0n) is 14.9. The first kappa shape index (κ1) is 17.7. The monoisotopic (exact) mass is 345 g/mol. The minimum absolute atomic E-state index is 0.0991. The Hall–Kier alpha value is -2.08. The SMILES string of the molecule is C[C@@H]1CN(C(=O)N[C@H](C)c2cccc(N3CCCC3=O)c2)C[C@H]1CO. The average Bonchev–Trinajstić information content (AvgIpc) is 3.20. The molecule has 0 aliphatic carbocycles. The van der Waals surface area contributed by atoms with Gasteiger partial charge in [0.25, 0.3) is 0 Å². The Morgan fingerprint density at radius 3 is 2.84 bits per heavy atom. The van der Waals surface area contributed by atoms with Crippen molar-refractivity contribution in [2.24, 2.45) is 11.8 Å². The topological polar surface area (TPSA) is 72.9 Å². The first-order valence-corrected chi connectivity index (χ1v) is 9.06. The van der Waals surface area contributed by atoms with E-state index in [1.165, 1.54) is 0 Å². The number of amides is 3. The molecule has 136 valence electrons. The molecule has 0 saturated carbocycles. The maximum absolute atomic E-state index is 12.5. The highest BCUT2D eigenvalue weighted by molar-refractivity contribution is 5.95. The number of aliphatic hydroxyl groups excluding tert-OH is 1. The Kier molecular flexibility index (Phi) is 5.27. The summed E-state index contributed by atoms with van der Waals surface area (Å²) in [5.74, 6) is 0.635. The van der Waals surface area contributed by atoms with Crippen LogP contribution in [-0.2, 0) is 4.79 Å². The molecule has 1 aromatic rings. The number of nitrogens with one attached hydrogen (secondary N) is 1. The average molecular weight is 345 g/mol. The molecule has 2 saturated heterocycles. The van der Waals surface area contributed by atoms with Crippen LogP contribution >= 0.6 is 0 Å². The fourth-order valence-corrected chi connectivity index (χ4v) is 3.68. The van der Waals surface area contributed by atoms with Crippen molar-refractivity contribution < 1.29 is 14.7 Å². The van der Waals surface area contributed by atoms with Gasteiger partial charge in [-0.05, 0) is 37.0 Å². The van der Waals surface area contributed by atoms with Gasteiger partial charge in [0, 0.05) is 44.3 Å². The van der Waals surface area contributed by atoms with Crippen LogP contribution in [0.1, 0.15) is 38.3 Å². The molecule has 6 nitrogen and oxygen atoms in total. The number of aliphatic hydroxyl groups is 1. The van der Waals surface area contributed by atoms with Crippen LogP contribution in [0.15, 0.2) is 24.3 Å². The van der Waals surface area contributed by atoms with Crippen molar-refractivity contribution >= 4 is 17.6 Å². The normalized spacial score (nSPS) is 24.7. The molecule has 2 heterocycles. The third kappa shape index (κ3) is 3.79. The number of hydrogen-bond acceptors (Lipinski definition) is 3. The molecule has 2 N–H and O–H groups in total. The van der Waals surface area contributed by atoms with E-state index in [1.807, 2.05) is 36.1 Å². The summed E-state index contributed by atoms with van der Waals surface area (Å²) in [5, 5.41) is 12.4. The van der Waals surface area contributed by atoms with Gasteiger partial charge in [-0.1, -0.05) is 19.1 Å². The Bertz CT molecular complexity index is 649. The minimum atomic E-state index is -0.145. The van der Waals surface area contributed by atoms with Crippen molar-refractivity contribution in [3.8, 4) is 0 Å². The predicted molar refractivity (Wildman–Crippen MR) is 96.3 cm³/mol. The number of benzene rings is 1. The van der Waals surface area contributed by atoms with Crippen LogP contribution in [0.4, 0.5) is 10.5 Å². The van der Waals surface area contributed by atoms with Gasteiger partial charge in [0.2, 0.25) is 5.91 Å². The quantitative estimate of drug-likeness (QED) is 0.878. The molecule has 0 radical (unpaired) electrons. The molecule has 2 aliphatic rings. The molecule has 3 rings (SSSR count). The number of urea groups is 1. The largest absolute Gasteiger partial charge is 0.396 e. The maximum Gasteiger partial charge on any atom is 0.317 e. The van der Waals surface area contributed by atoms with Gasteiger partial charge in [-0.25, -0.2) is 4.79 Å². The molecular weight excluding hydrogens is 318 g/mol. The zero-order valence-corrected chi connectivity index (χ0v) is 14.9. The van der Waals surface area contributed by atoms with Gasteiger partial charge in [-0.15, -0.1) is 0 Å². The van der Waals surface area contributed by atoms with E-state index in [4.69, 9.17) is 0 Å². The Morgan fingerprint density at radius 2 is 2.20 bits per heavy atom. The van der Waals surface area contributed by atoms with Gasteiger partial charge in [0.15, 0.2) is 0 Å². The third-order valence-corrected chi connectivity index (χ3v) is 5.39. The van der Waals surface area contributed by atoms with Gasteiger partial charge in [0.1, 0.15) is 0 Å². The highest BCUT2D eigenvalue weighted by Crippen LogP contribution is 2.26. The number of anilines is 1. The van der Waals surface area contributed by atoms with E-state index in [2.05, 4.69) is 12.2 Å². The first-order chi connectivity index (χ1) is 12.0. The zero-order chi connectivity index (χ0) is 18.0. The van der Waals surface area contributed by atoms with E-state index in [1.54, 1.807) is 4.90 Å². The Morgan fingerprint density at radius 1 is 1.40 bits per heavy atom. The predicted octanol–water partition coefficient (Wildman–Crippen LogP) is 2.14. The summed E-state index contributed by atoms with van der Waals surface area (Å²) in [6.45, 7) is 6.16. The smallest absolute Gasteiger partial charge is 0.317 e. The van der Waals surface area contributed by atoms with Crippen molar-refractivity contribution in [1.82, 2.24) is 10.2 Å². The molecule has 3 amide bonds. The number of carbonyl (C=O) groups is 2. The second-order valence-corrected chi connectivity index (χ2v) is 7.24. The van der Waals surface area contributed by atoms with E-state index in [9.17, 15) is 14.7 Å². The molecule has 0 bridgehead atoms. The summed E-state index contributed by atoms with van der Waals surface area (Å²) in [4.78, 5) is 28.0. The van der Waals surface area contributed by atoms with E-state index in [0.717, 1.165) is 24.2 Å². The standard InChI is InChI=1S/C19H27N3O3/c1-13-10-21(11-16(13)12-23)19(25)20-14(2)15-5-3-6-17(9-15)22-8-4-7-18(22)24/h3,5-6,9,13-14,16,23H,4,7-8,10-12H2,1-2H3,(H,20,25)/t13-,14-,16+/m1/s1. The molecule has 3 atom stereocenters. The highest BCUT2D eigenvalue weighted by Gasteiger charge is 2.32. The number of nitrogens with zero attached hydrogens (tertiary/aromatic N) is 2. The summed E-state index contributed by atoms with van der Waals surface area (Å²) in [5.41, 5.74) is 1.88. The molecule has 6 heteroatoms. The fraction of sp³-hybridized carbons (Fsp3) is 0.579. The van der Waals surface area contributed by atoms with E-state index >= 15 is 0 Å². The van der Waals surface area contributed by atoms with Crippen LogP contribution in [0.2, 0.25) is 0 Å². The van der Waals surface area contributed by atoms with Crippen LogP contribution < -0.4 is 10.2 Å². The van der Waals surface area contributed by atoms with Gasteiger partial charge in [-0.2, -0.15) is 0 Å². The number of hydrogen-bond donors (Lipinski definition) is 2. The van der Waals surface area contributed by atoms with Crippen molar-refractivity contribution in [1.29, 1.82) is 0 Å². The van der Waals surface area contributed by atoms with Crippen molar-refractivity contribution in [3.05, 3.63) is 29.8 Å². The van der Waals surface area contributed by atoms with Gasteiger partial charge >= 0.3 is 6.03 Å². The van der Waals surface area contributed by atoms with Gasteiger partial charge in [-0.3, -0.25) is 4.79 Å². The second-order valence-electron chi connectivity index (χ2n) is 7.24. The summed E-state index contributed by atoms with van der Waals surface area (Å²) < 4.78 is 0. The van der Waals surface area contributed by atoms with Crippen molar-refractivity contribution in [3.63, 3.8) is 0 Å². The first-order valence-electron chi connectivity index (χ1n) is 9.06. The molecule has 1 aromatic carbocycles. The minimum Gasteiger partial charge on any atom is -0.396 e. The summed E-state index contributed by atoms with van der Waals surface area (Å²) in [6.07, 6.45) is 1.50. The van der Waals surface area contributed by atoms with Crippen LogP contribution in [-0.4, -0.2) is 48.2 Å². The lowest BCUT2D eigenvalue weighted by Gasteiger charge is -2.23. The highest BCUT2D eigenvalue weighted by atomic mass is 16.3. The van der Waals surface area contributed by atoms with E-state index < -0.39 is 0 Å². The lowest BCUT2D eigenvalue weighted by molar-refractivity contribution is -0.117. The molecule has 2 aliphatic heterocycles. The lowest BCUT2D eigenvalue weighted by atomic mass is 10.00. The fourth-order valence-electron chi connectivity index (χ4n) is 3.68. The molecule has 0 unspecified atom stereocenters. The Balaban J connectivity index is 1.64. The summed E-state index contributed by atoms with van der Waals surface area (Å²) in [6, 6.07) is 7.58. The molecule has 25 heavy (non-hydrogen) atoms. The second kappa shape index (κ2) is 7.44. The molecule has 0 spiro atoms. The van der Waals surface area contributed by atoms with Crippen LogP contribution in [0.3, 0.4) is 0 Å². The Labute approximate surface area is 148 Å². The van der Waals surface area contributed by atoms with Crippen LogP contribution in [0.5, 0.6) is 0 Å². The summed E-state index contributed by atoms with van der Waals surface area (Å²) in [7, 11) is 0. The lowest BCUT2D eigenvalue weighted by Crippen LogP contribution is -2.40. The van der Waals surface area contributed by atoms with E-state index in [-0.39, 0.29) is 30.5 Å². The van der Waals surface area contributed by atoms with Crippen molar-refractivity contribution in [2.45, 2.75) is 32.7 Å². The van der Waals surface area contributed by atoms with Crippen LogP contribution in [0, 0.1) is 11.8 Å².